The van der Waals surface area contributed by atoms with Gasteiger partial charge in [0.25, 0.3) is 0 Å². The second kappa shape index (κ2) is 7.07. The molecule has 0 radical (unpaired) electrons. The first-order valence-corrected chi connectivity index (χ1v) is 6.68. The highest BCUT2D eigenvalue weighted by atomic mass is 16.5. The van der Waals surface area contributed by atoms with Gasteiger partial charge in [-0.2, -0.15) is 0 Å². The lowest BCUT2D eigenvalue weighted by molar-refractivity contribution is -0.133. The van der Waals surface area contributed by atoms with Crippen LogP contribution in [0.5, 0.6) is 0 Å². The van der Waals surface area contributed by atoms with Crippen molar-refractivity contribution in [3.05, 3.63) is 0 Å². The van der Waals surface area contributed by atoms with E-state index in [9.17, 15) is 4.79 Å². The van der Waals surface area contributed by atoms with Gasteiger partial charge in [0.05, 0.1) is 18.1 Å². The van der Waals surface area contributed by atoms with Crippen LogP contribution in [0.15, 0.2) is 0 Å². The van der Waals surface area contributed by atoms with Crippen molar-refractivity contribution in [2.24, 2.45) is 11.3 Å². The van der Waals surface area contributed by atoms with E-state index in [2.05, 4.69) is 24.5 Å². The van der Waals surface area contributed by atoms with Gasteiger partial charge in [-0.15, -0.1) is 0 Å². The minimum Gasteiger partial charge on any atom is -0.396 e. The van der Waals surface area contributed by atoms with Gasteiger partial charge in [-0.25, -0.2) is 0 Å². The molecule has 5 heteroatoms. The van der Waals surface area contributed by atoms with Gasteiger partial charge in [0, 0.05) is 20.3 Å². The van der Waals surface area contributed by atoms with Crippen LogP contribution >= 0.6 is 0 Å². The molecule has 1 fully saturated rings. The van der Waals surface area contributed by atoms with Gasteiger partial charge >= 0.3 is 0 Å². The number of hydrogen-bond donors (Lipinski definition) is 3. The Bertz CT molecular complexity index is 257. The predicted molar refractivity (Wildman–Crippen MR) is 70.3 cm³/mol. The minimum absolute atomic E-state index is 0.0568. The standard InChI is InChI=1S/C13H26N2O3/c1-10(2)13(5-6-14-9-13)12(17)15-11(4-7-16)8-18-3/h10-11,14,16H,4-9H2,1-3H3,(H,15,17). The van der Waals surface area contributed by atoms with Crippen LogP contribution in [-0.2, 0) is 9.53 Å². The second-order valence-corrected chi connectivity index (χ2v) is 5.38. The number of aliphatic hydroxyl groups excluding tert-OH is 1. The Morgan fingerprint density at radius 1 is 1.56 bits per heavy atom. The van der Waals surface area contributed by atoms with Crippen molar-refractivity contribution in [2.45, 2.75) is 32.7 Å². The lowest BCUT2D eigenvalue weighted by atomic mass is 9.75. The van der Waals surface area contributed by atoms with Gasteiger partial charge in [0.1, 0.15) is 0 Å². The maximum Gasteiger partial charge on any atom is 0.228 e. The van der Waals surface area contributed by atoms with E-state index in [1.165, 1.54) is 0 Å². The number of rotatable bonds is 7. The van der Waals surface area contributed by atoms with Crippen molar-refractivity contribution < 1.29 is 14.6 Å². The minimum atomic E-state index is -0.318. The van der Waals surface area contributed by atoms with Crippen molar-refractivity contribution in [3.8, 4) is 0 Å². The summed E-state index contributed by atoms with van der Waals surface area (Å²) >= 11 is 0. The normalized spacial score (nSPS) is 25.4. The largest absolute Gasteiger partial charge is 0.396 e. The highest BCUT2D eigenvalue weighted by molar-refractivity contribution is 5.83. The molecular formula is C13H26N2O3. The molecule has 0 aromatic carbocycles. The second-order valence-electron chi connectivity index (χ2n) is 5.38. The summed E-state index contributed by atoms with van der Waals surface area (Å²) in [6.45, 7) is 6.29. The van der Waals surface area contributed by atoms with Crippen molar-refractivity contribution in [1.29, 1.82) is 0 Å². The van der Waals surface area contributed by atoms with Crippen molar-refractivity contribution in [1.82, 2.24) is 10.6 Å². The molecule has 18 heavy (non-hydrogen) atoms. The Labute approximate surface area is 109 Å². The summed E-state index contributed by atoms with van der Waals surface area (Å²) in [5.74, 6) is 0.378. The van der Waals surface area contributed by atoms with E-state index in [4.69, 9.17) is 9.84 Å². The first-order chi connectivity index (χ1) is 8.56. The fraction of sp³-hybridized carbons (Fsp3) is 0.923. The average Bonchev–Trinajstić information content (AvgIpc) is 2.79. The van der Waals surface area contributed by atoms with Crippen LogP contribution in [-0.4, -0.2) is 50.5 Å². The molecule has 3 N–H and O–H groups in total. The highest BCUT2D eigenvalue weighted by Crippen LogP contribution is 2.34. The topological polar surface area (TPSA) is 70.6 Å². The van der Waals surface area contributed by atoms with Gasteiger partial charge in [-0.05, 0) is 25.3 Å². The Kier molecular flexibility index (Phi) is 6.05. The highest BCUT2D eigenvalue weighted by Gasteiger charge is 2.44. The third kappa shape index (κ3) is 3.43. The summed E-state index contributed by atoms with van der Waals surface area (Å²) in [6, 6.07) is -0.108. The Hall–Kier alpha value is -0.650. The van der Waals surface area contributed by atoms with E-state index >= 15 is 0 Å². The van der Waals surface area contributed by atoms with Crippen LogP contribution in [0.4, 0.5) is 0 Å². The first kappa shape index (κ1) is 15.4. The third-order valence-corrected chi connectivity index (χ3v) is 3.93. The van der Waals surface area contributed by atoms with Gasteiger partial charge in [0.15, 0.2) is 0 Å². The molecule has 1 saturated heterocycles. The monoisotopic (exact) mass is 258 g/mol. The first-order valence-electron chi connectivity index (χ1n) is 6.68. The molecule has 1 amide bonds. The van der Waals surface area contributed by atoms with Crippen LogP contribution in [0.2, 0.25) is 0 Å². The Morgan fingerprint density at radius 3 is 2.72 bits per heavy atom. The van der Waals surface area contributed by atoms with E-state index in [0.29, 0.717) is 18.9 Å². The summed E-state index contributed by atoms with van der Waals surface area (Å²) < 4.78 is 5.07. The van der Waals surface area contributed by atoms with Crippen LogP contribution in [0, 0.1) is 11.3 Å². The molecular weight excluding hydrogens is 232 g/mol. The third-order valence-electron chi connectivity index (χ3n) is 3.93. The maximum absolute atomic E-state index is 12.5. The number of hydrogen-bond acceptors (Lipinski definition) is 4. The number of carbonyl (C=O) groups excluding carboxylic acids is 1. The zero-order valence-electron chi connectivity index (χ0n) is 11.7. The molecule has 0 spiro atoms. The Balaban J connectivity index is 2.65. The van der Waals surface area contributed by atoms with E-state index in [1.54, 1.807) is 7.11 Å². The van der Waals surface area contributed by atoms with Crippen LogP contribution in [0.3, 0.4) is 0 Å². The van der Waals surface area contributed by atoms with Crippen LogP contribution in [0.1, 0.15) is 26.7 Å². The molecule has 5 nitrogen and oxygen atoms in total. The number of aliphatic hydroxyl groups is 1. The molecule has 106 valence electrons. The number of amides is 1. The summed E-state index contributed by atoms with van der Waals surface area (Å²) in [5, 5.41) is 15.3. The zero-order chi connectivity index (χ0) is 13.6. The SMILES string of the molecule is COCC(CCO)NC(=O)C1(C(C)C)CCNC1. The summed E-state index contributed by atoms with van der Waals surface area (Å²) in [4.78, 5) is 12.5. The van der Waals surface area contributed by atoms with E-state index < -0.39 is 0 Å². The number of nitrogens with one attached hydrogen (secondary N) is 2. The molecule has 1 aliphatic rings. The smallest absolute Gasteiger partial charge is 0.228 e. The fourth-order valence-electron chi connectivity index (χ4n) is 2.54. The zero-order valence-corrected chi connectivity index (χ0v) is 11.7. The fourth-order valence-corrected chi connectivity index (χ4v) is 2.54. The lowest BCUT2D eigenvalue weighted by Crippen LogP contribution is -2.50. The van der Waals surface area contributed by atoms with E-state index in [1.807, 2.05) is 0 Å². The lowest BCUT2D eigenvalue weighted by Gasteiger charge is -2.33. The quantitative estimate of drug-likeness (QED) is 0.607. The average molecular weight is 258 g/mol. The molecule has 0 bridgehead atoms. The predicted octanol–water partition coefficient (Wildman–Crippen LogP) is 0.136. The van der Waals surface area contributed by atoms with Gasteiger partial charge in [-0.3, -0.25) is 4.79 Å². The van der Waals surface area contributed by atoms with Crippen molar-refractivity contribution >= 4 is 5.91 Å². The molecule has 2 atom stereocenters. The molecule has 0 aromatic rings. The van der Waals surface area contributed by atoms with Crippen LogP contribution < -0.4 is 10.6 Å². The van der Waals surface area contributed by atoms with Gasteiger partial charge in [0.2, 0.25) is 5.91 Å². The van der Waals surface area contributed by atoms with Crippen molar-refractivity contribution in [2.75, 3.05) is 33.4 Å². The summed E-state index contributed by atoms with van der Waals surface area (Å²) in [7, 11) is 1.60. The van der Waals surface area contributed by atoms with Crippen LogP contribution in [0.25, 0.3) is 0 Å². The molecule has 0 saturated carbocycles. The maximum atomic E-state index is 12.5. The molecule has 0 aromatic heterocycles. The van der Waals surface area contributed by atoms with Gasteiger partial charge < -0.3 is 20.5 Å². The van der Waals surface area contributed by atoms with E-state index in [-0.39, 0.29) is 24.0 Å². The Morgan fingerprint density at radius 2 is 2.28 bits per heavy atom. The number of methoxy groups -OCH3 is 1. The number of carbonyl (C=O) groups is 1. The van der Waals surface area contributed by atoms with Crippen molar-refractivity contribution in [3.63, 3.8) is 0 Å². The molecule has 2 unspecified atom stereocenters. The molecule has 1 heterocycles. The summed E-state index contributed by atoms with van der Waals surface area (Å²) in [6.07, 6.45) is 1.40. The molecule has 1 rings (SSSR count). The molecule has 0 aliphatic carbocycles. The van der Waals surface area contributed by atoms with E-state index in [0.717, 1.165) is 19.5 Å². The van der Waals surface area contributed by atoms with Gasteiger partial charge in [-0.1, -0.05) is 13.8 Å². The summed E-state index contributed by atoms with van der Waals surface area (Å²) in [5.41, 5.74) is -0.318. The number of ether oxygens (including phenoxy) is 1. The molecule has 1 aliphatic heterocycles.